The minimum absolute atomic E-state index is 0. The summed E-state index contributed by atoms with van der Waals surface area (Å²) in [5.41, 5.74) is 0. The molecule has 0 atom stereocenters. The molecule has 0 fully saturated rings. The standard InChI is InChI=1S/C12H11NO4S2.H3N/c13-19(16,17)12-9-5-4-8-11(12)18(14,15)10-6-2-1-3-7-10;/h1-9H,(H2,13,16,17);1H3. The summed E-state index contributed by atoms with van der Waals surface area (Å²) in [6, 6.07) is 12.9. The molecule has 0 heterocycles. The lowest BCUT2D eigenvalue weighted by Gasteiger charge is -2.08. The van der Waals surface area contributed by atoms with Crippen LogP contribution in [0.2, 0.25) is 0 Å². The molecule has 2 aromatic rings. The molecule has 0 saturated heterocycles. The topological polar surface area (TPSA) is 129 Å². The summed E-state index contributed by atoms with van der Waals surface area (Å²) in [7, 11) is -8.02. The van der Waals surface area contributed by atoms with Crippen LogP contribution in [0.15, 0.2) is 69.3 Å². The summed E-state index contributed by atoms with van der Waals surface area (Å²) in [4.78, 5) is -0.700. The highest BCUT2D eigenvalue weighted by Crippen LogP contribution is 2.25. The molecule has 0 amide bonds. The van der Waals surface area contributed by atoms with Crippen molar-refractivity contribution in [2.45, 2.75) is 14.7 Å². The summed E-state index contributed by atoms with van der Waals surface area (Å²) >= 11 is 0. The van der Waals surface area contributed by atoms with Crippen LogP contribution in [-0.4, -0.2) is 16.8 Å². The van der Waals surface area contributed by atoms with Crippen molar-refractivity contribution >= 4 is 19.9 Å². The fourth-order valence-electron chi connectivity index (χ4n) is 1.63. The smallest absolute Gasteiger partial charge is 0.239 e. The third-order valence-electron chi connectivity index (χ3n) is 2.50. The summed E-state index contributed by atoms with van der Waals surface area (Å²) in [6.07, 6.45) is 0. The fourth-order valence-corrected chi connectivity index (χ4v) is 4.29. The largest absolute Gasteiger partial charge is 0.344 e. The molecule has 5 N–H and O–H groups in total. The molecule has 2 aromatic carbocycles. The second-order valence-electron chi connectivity index (χ2n) is 3.81. The normalized spacial score (nSPS) is 11.7. The molecular formula is C12H14N2O4S2. The van der Waals surface area contributed by atoms with Crippen molar-refractivity contribution in [1.29, 1.82) is 0 Å². The van der Waals surface area contributed by atoms with E-state index in [0.717, 1.165) is 0 Å². The minimum Gasteiger partial charge on any atom is -0.344 e. The van der Waals surface area contributed by atoms with Gasteiger partial charge in [0.15, 0.2) is 0 Å². The third kappa shape index (κ3) is 3.05. The van der Waals surface area contributed by atoms with Crippen LogP contribution in [-0.2, 0) is 19.9 Å². The SMILES string of the molecule is N.NS(=O)(=O)c1ccccc1S(=O)(=O)c1ccccc1. The number of hydrogen-bond donors (Lipinski definition) is 2. The lowest BCUT2D eigenvalue weighted by molar-refractivity contribution is 0.583. The molecule has 0 aliphatic heterocycles. The first-order valence-electron chi connectivity index (χ1n) is 5.25. The predicted molar refractivity (Wildman–Crippen MR) is 74.7 cm³/mol. The second kappa shape index (κ2) is 5.71. The molecule has 0 radical (unpaired) electrons. The van der Waals surface area contributed by atoms with Crippen LogP contribution in [0.3, 0.4) is 0 Å². The van der Waals surface area contributed by atoms with E-state index < -0.39 is 24.8 Å². The van der Waals surface area contributed by atoms with E-state index in [2.05, 4.69) is 0 Å². The van der Waals surface area contributed by atoms with Crippen LogP contribution < -0.4 is 11.3 Å². The van der Waals surface area contributed by atoms with E-state index in [0.29, 0.717) is 0 Å². The Labute approximate surface area is 117 Å². The van der Waals surface area contributed by atoms with Crippen molar-refractivity contribution in [2.24, 2.45) is 5.14 Å². The summed E-state index contributed by atoms with van der Waals surface area (Å²) in [6.45, 7) is 0. The van der Waals surface area contributed by atoms with Gasteiger partial charge in [0.2, 0.25) is 19.9 Å². The molecule has 0 aromatic heterocycles. The van der Waals surface area contributed by atoms with Gasteiger partial charge < -0.3 is 6.15 Å². The van der Waals surface area contributed by atoms with Crippen molar-refractivity contribution in [3.05, 3.63) is 54.6 Å². The monoisotopic (exact) mass is 314 g/mol. The minimum atomic E-state index is -4.10. The van der Waals surface area contributed by atoms with Gasteiger partial charge in [-0.1, -0.05) is 30.3 Å². The van der Waals surface area contributed by atoms with Gasteiger partial charge in [0.25, 0.3) is 0 Å². The first-order valence-corrected chi connectivity index (χ1v) is 8.28. The van der Waals surface area contributed by atoms with E-state index in [1.54, 1.807) is 18.2 Å². The molecule has 0 aliphatic carbocycles. The maximum absolute atomic E-state index is 12.4. The van der Waals surface area contributed by atoms with Gasteiger partial charge in [0.05, 0.1) is 9.79 Å². The zero-order valence-electron chi connectivity index (χ0n) is 10.4. The number of rotatable bonds is 3. The molecule has 0 spiro atoms. The number of benzene rings is 2. The number of primary sulfonamides is 1. The molecular weight excluding hydrogens is 300 g/mol. The highest BCUT2D eigenvalue weighted by Gasteiger charge is 2.25. The molecule has 2 rings (SSSR count). The van der Waals surface area contributed by atoms with E-state index in [1.807, 2.05) is 0 Å². The first-order chi connectivity index (χ1) is 8.83. The molecule has 6 nitrogen and oxygen atoms in total. The Bertz CT molecular complexity index is 800. The van der Waals surface area contributed by atoms with E-state index in [1.165, 1.54) is 36.4 Å². The van der Waals surface area contributed by atoms with Gasteiger partial charge in [-0.3, -0.25) is 0 Å². The Hall–Kier alpha value is -1.74. The van der Waals surface area contributed by atoms with Gasteiger partial charge in [-0.05, 0) is 24.3 Å². The van der Waals surface area contributed by atoms with Crippen molar-refractivity contribution < 1.29 is 16.8 Å². The summed E-state index contributed by atoms with van der Waals surface area (Å²) in [5.74, 6) is 0. The number of nitrogens with two attached hydrogens (primary N) is 1. The van der Waals surface area contributed by atoms with E-state index >= 15 is 0 Å². The van der Waals surface area contributed by atoms with Gasteiger partial charge in [-0.25, -0.2) is 22.0 Å². The average molecular weight is 314 g/mol. The second-order valence-corrected chi connectivity index (χ2v) is 7.26. The van der Waals surface area contributed by atoms with Crippen LogP contribution in [0.25, 0.3) is 0 Å². The van der Waals surface area contributed by atoms with Crippen molar-refractivity contribution in [2.75, 3.05) is 0 Å². The van der Waals surface area contributed by atoms with Crippen molar-refractivity contribution in [1.82, 2.24) is 6.15 Å². The number of sulfonamides is 1. The molecule has 0 unspecified atom stereocenters. The number of sulfone groups is 1. The Morgan fingerprint density at radius 3 is 1.65 bits per heavy atom. The summed E-state index contributed by atoms with van der Waals surface area (Å²) < 4.78 is 47.7. The highest BCUT2D eigenvalue weighted by atomic mass is 32.2. The van der Waals surface area contributed by atoms with Crippen molar-refractivity contribution in [3.8, 4) is 0 Å². The van der Waals surface area contributed by atoms with Crippen LogP contribution >= 0.6 is 0 Å². The van der Waals surface area contributed by atoms with Crippen LogP contribution in [0, 0.1) is 0 Å². The predicted octanol–water partition coefficient (Wildman–Crippen LogP) is 1.33. The fraction of sp³-hybridized carbons (Fsp3) is 0. The maximum atomic E-state index is 12.4. The molecule has 0 saturated carbocycles. The Morgan fingerprint density at radius 2 is 1.15 bits per heavy atom. The van der Waals surface area contributed by atoms with Gasteiger partial charge in [-0.15, -0.1) is 0 Å². The maximum Gasteiger partial charge on any atom is 0.239 e. The molecule has 0 bridgehead atoms. The molecule has 0 aliphatic rings. The Morgan fingerprint density at radius 1 is 0.700 bits per heavy atom. The van der Waals surface area contributed by atoms with E-state index in [-0.39, 0.29) is 15.9 Å². The zero-order chi connectivity index (χ0) is 14.1. The zero-order valence-corrected chi connectivity index (χ0v) is 12.1. The molecule has 20 heavy (non-hydrogen) atoms. The summed E-state index contributed by atoms with van der Waals surface area (Å²) in [5, 5.41) is 5.04. The average Bonchev–Trinajstić information content (AvgIpc) is 2.39. The molecule has 108 valence electrons. The third-order valence-corrected chi connectivity index (χ3v) is 5.42. The van der Waals surface area contributed by atoms with E-state index in [9.17, 15) is 16.8 Å². The number of hydrogen-bond acceptors (Lipinski definition) is 5. The van der Waals surface area contributed by atoms with Crippen LogP contribution in [0.4, 0.5) is 0 Å². The van der Waals surface area contributed by atoms with Gasteiger partial charge in [-0.2, -0.15) is 0 Å². The van der Waals surface area contributed by atoms with Crippen LogP contribution in [0.1, 0.15) is 0 Å². The quantitative estimate of drug-likeness (QED) is 0.882. The lowest BCUT2D eigenvalue weighted by Crippen LogP contribution is -2.16. The van der Waals surface area contributed by atoms with Gasteiger partial charge in [0, 0.05) is 0 Å². The highest BCUT2D eigenvalue weighted by molar-refractivity contribution is 7.93. The van der Waals surface area contributed by atoms with Crippen LogP contribution in [0.5, 0.6) is 0 Å². The Balaban J connectivity index is 0.00000200. The van der Waals surface area contributed by atoms with Crippen molar-refractivity contribution in [3.63, 3.8) is 0 Å². The lowest BCUT2D eigenvalue weighted by atomic mass is 10.4. The van der Waals surface area contributed by atoms with E-state index in [4.69, 9.17) is 5.14 Å². The molecule has 8 heteroatoms. The van der Waals surface area contributed by atoms with Gasteiger partial charge in [0.1, 0.15) is 4.90 Å². The van der Waals surface area contributed by atoms with Gasteiger partial charge >= 0.3 is 0 Å². The first kappa shape index (κ1) is 16.3. The Kier molecular flexibility index (Phi) is 4.66.